The maximum absolute atomic E-state index is 12.2. The Hall–Kier alpha value is -3.00. The molecule has 3 rings (SSSR count). The molecule has 0 atom stereocenters. The number of aromatic nitrogens is 3. The highest BCUT2D eigenvalue weighted by Gasteiger charge is 2.11. The average molecular weight is 370 g/mol. The third-order valence-electron chi connectivity index (χ3n) is 3.49. The van der Waals surface area contributed by atoms with Crippen LogP contribution in [0.2, 0.25) is 0 Å². The Morgan fingerprint density at radius 2 is 2.04 bits per heavy atom. The van der Waals surface area contributed by atoms with E-state index < -0.39 is 0 Å². The lowest BCUT2D eigenvalue weighted by Crippen LogP contribution is -2.24. The maximum atomic E-state index is 12.2. The highest BCUT2D eigenvalue weighted by atomic mass is 32.1. The van der Waals surface area contributed by atoms with Crippen molar-refractivity contribution in [1.82, 2.24) is 20.3 Å². The zero-order valence-electron chi connectivity index (χ0n) is 14.4. The number of nitrogens with zero attached hydrogens (tertiary/aromatic N) is 3. The number of thiazole rings is 1. The van der Waals surface area contributed by atoms with E-state index in [2.05, 4.69) is 20.3 Å². The van der Waals surface area contributed by atoms with Gasteiger partial charge in [-0.15, -0.1) is 11.3 Å². The summed E-state index contributed by atoms with van der Waals surface area (Å²) in [6.07, 6.45) is 1.31. The van der Waals surface area contributed by atoms with Gasteiger partial charge in [0.2, 0.25) is 5.88 Å². The number of nitrogens with one attached hydrogen (secondary N) is 1. The molecule has 3 aromatic rings. The average Bonchev–Trinajstić information content (AvgIpc) is 3.16. The van der Waals surface area contributed by atoms with Gasteiger partial charge in [-0.2, -0.15) is 0 Å². The predicted molar refractivity (Wildman–Crippen MR) is 98.5 cm³/mol. The van der Waals surface area contributed by atoms with Gasteiger partial charge < -0.3 is 14.8 Å². The van der Waals surface area contributed by atoms with Crippen LogP contribution in [-0.2, 0) is 6.54 Å². The number of benzene rings is 1. The summed E-state index contributed by atoms with van der Waals surface area (Å²) in [6.45, 7) is 2.65. The second-order valence-corrected chi connectivity index (χ2v) is 6.09. The number of hydrogen-bond acceptors (Lipinski definition) is 7. The van der Waals surface area contributed by atoms with E-state index in [1.165, 1.54) is 23.7 Å². The number of hydrogen-bond donors (Lipinski definition) is 1. The first kappa shape index (κ1) is 17.8. The Morgan fingerprint density at radius 3 is 2.77 bits per heavy atom. The van der Waals surface area contributed by atoms with Crippen molar-refractivity contribution in [2.24, 2.45) is 0 Å². The smallest absolute Gasteiger partial charge is 0.270 e. The number of amides is 1. The van der Waals surface area contributed by atoms with Gasteiger partial charge in [-0.3, -0.25) is 4.79 Å². The van der Waals surface area contributed by atoms with Gasteiger partial charge in [-0.1, -0.05) is 0 Å². The Morgan fingerprint density at radius 1 is 1.23 bits per heavy atom. The monoisotopic (exact) mass is 370 g/mol. The Kier molecular flexibility index (Phi) is 5.75. The van der Waals surface area contributed by atoms with Crippen molar-refractivity contribution in [3.8, 4) is 22.2 Å². The van der Waals surface area contributed by atoms with Crippen LogP contribution in [0.5, 0.6) is 11.6 Å². The van der Waals surface area contributed by atoms with Gasteiger partial charge in [0.05, 0.1) is 26.0 Å². The standard InChI is InChI=1S/C18H18N4O3S/c1-3-25-16-8-15(20-11-21-16)17(23)19-9-13-10-26-18(22-13)12-4-6-14(24-2)7-5-12/h4-8,10-11H,3,9H2,1-2H3,(H,19,23). The minimum Gasteiger partial charge on any atom is -0.497 e. The number of methoxy groups -OCH3 is 1. The first-order valence-electron chi connectivity index (χ1n) is 8.01. The van der Waals surface area contributed by atoms with Crippen LogP contribution < -0.4 is 14.8 Å². The lowest BCUT2D eigenvalue weighted by Gasteiger charge is -2.05. The van der Waals surface area contributed by atoms with E-state index in [-0.39, 0.29) is 11.6 Å². The SMILES string of the molecule is CCOc1cc(C(=O)NCc2csc(-c3ccc(OC)cc3)n2)ncn1. The summed E-state index contributed by atoms with van der Waals surface area (Å²) < 4.78 is 10.4. The fraction of sp³-hybridized carbons (Fsp3) is 0.222. The van der Waals surface area contributed by atoms with Gasteiger partial charge in [0.1, 0.15) is 22.8 Å². The van der Waals surface area contributed by atoms with E-state index in [9.17, 15) is 4.79 Å². The molecule has 8 heteroatoms. The first-order valence-corrected chi connectivity index (χ1v) is 8.89. The normalized spacial score (nSPS) is 10.4. The Balaban J connectivity index is 1.62. The molecular weight excluding hydrogens is 352 g/mol. The second-order valence-electron chi connectivity index (χ2n) is 5.23. The largest absolute Gasteiger partial charge is 0.497 e. The van der Waals surface area contributed by atoms with Crippen molar-refractivity contribution in [2.75, 3.05) is 13.7 Å². The number of ether oxygens (including phenoxy) is 2. The molecule has 0 aliphatic heterocycles. The Labute approximate surface area is 155 Å². The van der Waals surface area contributed by atoms with Crippen LogP contribution in [0.1, 0.15) is 23.1 Å². The van der Waals surface area contributed by atoms with E-state index in [1.54, 1.807) is 7.11 Å². The maximum Gasteiger partial charge on any atom is 0.270 e. The summed E-state index contributed by atoms with van der Waals surface area (Å²) in [5.74, 6) is 0.879. The topological polar surface area (TPSA) is 86.2 Å². The Bertz CT molecular complexity index is 880. The molecule has 0 aliphatic carbocycles. The van der Waals surface area contributed by atoms with Crippen molar-refractivity contribution in [2.45, 2.75) is 13.5 Å². The van der Waals surface area contributed by atoms with Crippen LogP contribution >= 0.6 is 11.3 Å². The molecule has 0 radical (unpaired) electrons. The second kappa shape index (κ2) is 8.39. The van der Waals surface area contributed by atoms with E-state index >= 15 is 0 Å². The molecule has 2 heterocycles. The van der Waals surface area contributed by atoms with Crippen molar-refractivity contribution in [1.29, 1.82) is 0 Å². The van der Waals surface area contributed by atoms with Crippen LogP contribution in [0.25, 0.3) is 10.6 Å². The van der Waals surface area contributed by atoms with E-state index in [1.807, 2.05) is 36.6 Å². The fourth-order valence-electron chi connectivity index (χ4n) is 2.21. The van der Waals surface area contributed by atoms with Crippen molar-refractivity contribution < 1.29 is 14.3 Å². The van der Waals surface area contributed by atoms with Crippen LogP contribution in [0, 0.1) is 0 Å². The van der Waals surface area contributed by atoms with E-state index in [0.717, 1.165) is 22.0 Å². The minimum absolute atomic E-state index is 0.258. The lowest BCUT2D eigenvalue weighted by molar-refractivity contribution is 0.0944. The highest BCUT2D eigenvalue weighted by Crippen LogP contribution is 2.25. The molecule has 1 aromatic carbocycles. The van der Waals surface area contributed by atoms with E-state index in [4.69, 9.17) is 9.47 Å². The van der Waals surface area contributed by atoms with Crippen molar-refractivity contribution in [3.05, 3.63) is 53.4 Å². The van der Waals surface area contributed by atoms with Gasteiger partial charge in [-0.25, -0.2) is 15.0 Å². The molecule has 0 saturated carbocycles. The molecule has 0 fully saturated rings. The molecule has 7 nitrogen and oxygen atoms in total. The van der Waals surface area contributed by atoms with Crippen molar-refractivity contribution >= 4 is 17.2 Å². The molecule has 26 heavy (non-hydrogen) atoms. The third kappa shape index (κ3) is 4.34. The highest BCUT2D eigenvalue weighted by molar-refractivity contribution is 7.13. The van der Waals surface area contributed by atoms with E-state index in [0.29, 0.717) is 19.0 Å². The van der Waals surface area contributed by atoms with Gasteiger partial charge in [0.25, 0.3) is 5.91 Å². The number of carbonyl (C=O) groups is 1. The van der Waals surface area contributed by atoms with Gasteiger partial charge in [-0.05, 0) is 31.2 Å². The third-order valence-corrected chi connectivity index (χ3v) is 4.43. The molecule has 2 aromatic heterocycles. The first-order chi connectivity index (χ1) is 12.7. The molecule has 1 N–H and O–H groups in total. The molecule has 0 spiro atoms. The summed E-state index contributed by atoms with van der Waals surface area (Å²) in [6, 6.07) is 9.21. The number of rotatable bonds is 7. The van der Waals surface area contributed by atoms with Crippen LogP contribution in [-0.4, -0.2) is 34.6 Å². The van der Waals surface area contributed by atoms with Gasteiger partial charge >= 0.3 is 0 Å². The van der Waals surface area contributed by atoms with Gasteiger partial charge in [0, 0.05) is 17.0 Å². The van der Waals surface area contributed by atoms with Gasteiger partial charge in [0.15, 0.2) is 0 Å². The van der Waals surface area contributed by atoms with Crippen LogP contribution in [0.15, 0.2) is 42.0 Å². The minimum atomic E-state index is -0.299. The summed E-state index contributed by atoms with van der Waals surface area (Å²) >= 11 is 1.52. The zero-order valence-corrected chi connectivity index (χ0v) is 15.2. The quantitative estimate of drug-likeness (QED) is 0.688. The van der Waals surface area contributed by atoms with Crippen LogP contribution in [0.4, 0.5) is 0 Å². The fourth-order valence-corrected chi connectivity index (χ4v) is 3.03. The van der Waals surface area contributed by atoms with Crippen LogP contribution in [0.3, 0.4) is 0 Å². The summed E-state index contributed by atoms with van der Waals surface area (Å²) in [4.78, 5) is 24.7. The molecule has 0 saturated heterocycles. The summed E-state index contributed by atoms with van der Waals surface area (Å²) in [7, 11) is 1.63. The molecule has 0 unspecified atom stereocenters. The summed E-state index contributed by atoms with van der Waals surface area (Å²) in [5.41, 5.74) is 2.05. The molecule has 0 bridgehead atoms. The molecular formula is C18H18N4O3S. The van der Waals surface area contributed by atoms with Crippen molar-refractivity contribution in [3.63, 3.8) is 0 Å². The molecule has 134 valence electrons. The molecule has 0 aliphatic rings. The number of carbonyl (C=O) groups excluding carboxylic acids is 1. The summed E-state index contributed by atoms with van der Waals surface area (Å²) in [5, 5.41) is 5.62. The lowest BCUT2D eigenvalue weighted by atomic mass is 10.2. The zero-order chi connectivity index (χ0) is 18.4. The predicted octanol–water partition coefficient (Wildman–Crippen LogP) is 2.94. The molecule has 1 amide bonds.